The highest BCUT2D eigenvalue weighted by atomic mass is 33.6. The van der Waals surface area contributed by atoms with Crippen LogP contribution >= 0.6 is 0 Å². The van der Waals surface area contributed by atoms with Gasteiger partial charge >= 0.3 is 0 Å². The van der Waals surface area contributed by atoms with Gasteiger partial charge in [0, 0.05) is 991 Å². The predicted octanol–water partition coefficient (Wildman–Crippen LogP) is 8.40. The summed E-state index contributed by atoms with van der Waals surface area (Å²) in [5.41, 5.74) is 8.67. The summed E-state index contributed by atoms with van der Waals surface area (Å²) >= 11 is 9.66. The van der Waals surface area contributed by atoms with Gasteiger partial charge in [-0.3, -0.25) is 0 Å². The fourth-order valence-electron chi connectivity index (χ4n) is 5.43. The lowest BCUT2D eigenvalue weighted by atomic mass is 10.0. The number of furan rings is 1. The van der Waals surface area contributed by atoms with Crippen LogP contribution in [0.3, 0.4) is 0 Å². The van der Waals surface area contributed by atoms with Gasteiger partial charge < -0.3 is 9.73 Å². The smallest absolute Gasteiger partial charge is 0.143 e. The van der Waals surface area contributed by atoms with E-state index in [1.165, 1.54) is 28.9 Å². The van der Waals surface area contributed by atoms with Crippen LogP contribution in [0.2, 0.25) is 0 Å². The minimum absolute atomic E-state index is 0.923. The fraction of sp³-hybridized carbons (Fsp3) is 0. The topological polar surface area (TPSA) is 25.2 Å². The summed E-state index contributed by atoms with van der Waals surface area (Å²) in [4.78, 5) is 0. The van der Waals surface area contributed by atoms with Gasteiger partial charge in [-0.15, -0.1) is 0 Å². The largest absolute Gasteiger partial charge is 0.455 e. The normalized spacial score (nSPS) is 8.63. The van der Waals surface area contributed by atoms with Crippen LogP contribution < -0.4 is 5.32 Å². The zero-order valence-electron chi connectivity index (χ0n) is 61.5. The maximum absolute atomic E-state index is 6.20. The maximum Gasteiger partial charge on any atom is 0.143 e. The first-order valence-electron chi connectivity index (χ1n) is 28.6. The molecule has 6 rings (SSSR count). The number of hydrogen-bond acceptors (Lipinski definition) is 4. The molecular weight excluding hydrogens is 3850 g/mol. The fourth-order valence-corrected chi connectivity index (χ4v) is 291. The Morgan fingerprint density at radius 1 is 0.136 bits per heavy atom. The summed E-state index contributed by atoms with van der Waals surface area (Å²) in [7, 11) is 192. The predicted molar refractivity (Wildman–Crippen MR) is 930 cm³/mol. The first-order valence-corrected chi connectivity index (χ1v) is 171. The summed E-state index contributed by atoms with van der Waals surface area (Å²) in [6.45, 7) is 0. The molecule has 6 aromatic rings. The Morgan fingerprint density at radius 3 is 0.486 bits per heavy atom. The number of fused-ring (bicyclic) bond motifs is 3. The molecule has 0 fully saturated rings. The van der Waals surface area contributed by atoms with Crippen molar-refractivity contribution in [3.05, 3.63) is 121 Å². The highest BCUT2D eigenvalue weighted by Gasteiger charge is 2.12. The molecule has 0 saturated carbocycles. The van der Waals surface area contributed by atoms with Crippen molar-refractivity contribution < 1.29 is 4.42 Å². The van der Waals surface area contributed by atoms with Crippen molar-refractivity contribution in [2.24, 2.45) is 0 Å². The highest BCUT2D eigenvalue weighted by molar-refractivity contribution is 8.88. The van der Waals surface area contributed by atoms with E-state index in [1.807, 2.05) is 835 Å². The SMILES string of the molecule is S=S=S=S=S=S=S=S=S=S=S=S=S=S=S=S=S=S=S=S=S=S=S=S=S=S=S=S=S=S=S=S=S=S=S=S=S=S=S=S=S=S=S=S=S=S=S=S=S=S=S=S=S=S=S=S=S=S=S=S=S=S=S=S=S=S=S=S=S=S=S=S=S=S=S=S=S=S=S=S=S=S=S=S=S=S=S=S=S=S=S=S=S=S=S=S=S=S=S=S=S=S=S=S=S=S=S=S.c1ccc(-c2ccc(Nc3ccc(-c4cccc5c4oc4ccccc45)cc3)cc2)cc1. The molecule has 2 nitrogen and oxygen atoms in total. The second-order valence-electron chi connectivity index (χ2n) is 15.1. The number of para-hydroxylation sites is 2. The molecule has 1 N–H and O–H groups in total. The van der Waals surface area contributed by atoms with Crippen LogP contribution in [0.5, 0.6) is 0 Å². The average molecular weight is 3870 g/mol. The van der Waals surface area contributed by atoms with Gasteiger partial charge in [-0.25, -0.2) is 0 Å². The lowest BCUT2D eigenvalue weighted by Crippen LogP contribution is -1.90. The Hall–Kier alpha value is 19.5. The number of anilines is 2. The molecule has 0 amide bonds. The summed E-state index contributed by atoms with van der Waals surface area (Å²) in [6, 6.07) is 42.0. The second kappa shape index (κ2) is 125. The third-order valence-electron chi connectivity index (χ3n) is 8.80. The number of hydrogen-bond donors (Lipinski definition) is 1. The minimum Gasteiger partial charge on any atom is -0.455 e. The Labute approximate surface area is 1120 Å². The van der Waals surface area contributed by atoms with Crippen molar-refractivity contribution in [1.82, 2.24) is 0 Å². The quantitative estimate of drug-likeness (QED) is 0.192. The van der Waals surface area contributed by atoms with Gasteiger partial charge in [-0.2, -0.15) is 0 Å². The van der Waals surface area contributed by atoms with Gasteiger partial charge in [0.15, 0.2) is 0 Å². The maximum atomic E-state index is 6.20. The molecule has 140 heavy (non-hydrogen) atoms. The molecule has 1 heterocycles. The molecule has 0 saturated heterocycles. The third-order valence-corrected chi connectivity index (χ3v) is 242. The van der Waals surface area contributed by atoms with E-state index in [9.17, 15) is 0 Å². The summed E-state index contributed by atoms with van der Waals surface area (Å²) in [5, 5.41) is 5.80. The van der Waals surface area contributed by atoms with E-state index in [0.29, 0.717) is 0 Å². The minimum atomic E-state index is 0.923. The summed E-state index contributed by atoms with van der Waals surface area (Å²) in [5.74, 6) is 0. The van der Waals surface area contributed by atoms with Crippen LogP contribution in [0.1, 0.15) is 0 Å². The molecule has 0 unspecified atom stereocenters. The molecule has 5 aromatic carbocycles. The lowest BCUT2D eigenvalue weighted by molar-refractivity contribution is 0.670. The number of rotatable bonds is 4. The molecule has 1 aromatic heterocycles. The highest BCUT2D eigenvalue weighted by Crippen LogP contribution is 2.36. The van der Waals surface area contributed by atoms with Crippen molar-refractivity contribution in [3.63, 3.8) is 0 Å². The Morgan fingerprint density at radius 2 is 0.293 bits per heavy atom. The van der Waals surface area contributed by atoms with E-state index in [1.54, 1.807) is 107 Å². The molecular formula is C30H21NOS108. The van der Waals surface area contributed by atoms with E-state index < -0.39 is 0 Å². The van der Waals surface area contributed by atoms with E-state index >= 15 is 0 Å². The van der Waals surface area contributed by atoms with Crippen LogP contribution in [-0.4, -0.2) is 0 Å². The molecule has 0 spiro atoms. The Kier molecular flexibility index (Phi) is 134. The molecule has 110 heteroatoms. The van der Waals surface area contributed by atoms with Gasteiger partial charge in [0.25, 0.3) is 0 Å². The number of nitrogens with one attached hydrogen (secondary N) is 1. The number of benzene rings is 5. The van der Waals surface area contributed by atoms with Gasteiger partial charge in [-0.05, 0) is 47.0 Å². The molecule has 0 aliphatic rings. The van der Waals surface area contributed by atoms with Crippen LogP contribution in [0.25, 0.3) is 44.2 Å². The van der Waals surface area contributed by atoms with Crippen LogP contribution in [-0.2, 0) is 964 Å². The first kappa shape index (κ1) is 150. The Bertz CT molecular complexity index is 10700. The standard InChI is InChI=1S/C30H21NO.S108/c1-2-7-21(8-3-1)22-13-17-24(18-14-22)31-25-19-15-23(16-20-25)26-10-6-11-28-27-9-4-5-12-29(27)32-30(26)28;1-3-5-7-9-11-13-15-17-19-21-23-25-27-29-31-33-35-37-39-41-43-45-47-49-51-53-55-57-59-61-63-65-67-69-71-73-75-77-79-81-83-85-87-89-91-93-95-97-99-101-103-105-107-108-106-104-102-100-98-96-94-92-90-88-86-84-82-80-78-76-74-72-70-68-66-64-62-60-58-56-54-52-50-48-46-44-42-40-38-36-34-32-30-28-26-24-22-20-18-16-14-12-10-8-6-4-2/h1-20,31H;. The average Bonchev–Trinajstić information content (AvgIpc) is 1.62. The van der Waals surface area contributed by atoms with Crippen molar-refractivity contribution in [2.45, 2.75) is 0 Å². The third kappa shape index (κ3) is 98.9. The van der Waals surface area contributed by atoms with E-state index in [4.69, 9.17) is 26.8 Å². The van der Waals surface area contributed by atoms with Crippen LogP contribution in [0.4, 0.5) is 11.4 Å². The molecule has 0 atom stereocenters. The van der Waals surface area contributed by atoms with Crippen LogP contribution in [0.15, 0.2) is 126 Å². The van der Waals surface area contributed by atoms with Gasteiger partial charge in [-0.1, -0.05) is 91.0 Å². The molecule has 0 aliphatic heterocycles. The van der Waals surface area contributed by atoms with Crippen molar-refractivity contribution in [1.29, 1.82) is 0 Å². The van der Waals surface area contributed by atoms with E-state index in [2.05, 4.69) is 108 Å². The van der Waals surface area contributed by atoms with Gasteiger partial charge in [0.05, 0.1) is 0 Å². The molecule has 800 valence electrons. The van der Waals surface area contributed by atoms with Crippen molar-refractivity contribution in [3.8, 4) is 22.3 Å². The summed E-state index contributed by atoms with van der Waals surface area (Å²) in [6.07, 6.45) is 0. The van der Waals surface area contributed by atoms with Crippen molar-refractivity contribution in [2.75, 3.05) is 5.32 Å². The van der Waals surface area contributed by atoms with E-state index in [0.717, 1.165) is 44.4 Å². The molecule has 0 radical (unpaired) electrons. The summed E-state index contributed by atoms with van der Waals surface area (Å²) < 4.78 is 6.20. The molecule has 0 bridgehead atoms. The monoisotopic (exact) mass is 3860 g/mol. The second-order valence-corrected chi connectivity index (χ2v) is 203. The van der Waals surface area contributed by atoms with Crippen LogP contribution in [0, 0.1) is 0 Å². The van der Waals surface area contributed by atoms with E-state index in [-0.39, 0.29) is 0 Å². The lowest BCUT2D eigenvalue weighted by Gasteiger charge is -2.09. The zero-order chi connectivity index (χ0) is 98.3. The van der Waals surface area contributed by atoms with Crippen molar-refractivity contribution >= 4 is 997 Å². The molecule has 0 aliphatic carbocycles. The zero-order valence-corrected chi connectivity index (χ0v) is 150. The van der Waals surface area contributed by atoms with Gasteiger partial charge in [0.1, 0.15) is 11.2 Å². The Balaban J connectivity index is 0.000000885. The first-order chi connectivity index (χ1) is 69.8. The van der Waals surface area contributed by atoms with Gasteiger partial charge in [0.2, 0.25) is 0 Å².